The first-order valence-electron chi connectivity index (χ1n) is 11.2. The Balaban J connectivity index is 1.92. The second-order valence-electron chi connectivity index (χ2n) is 7.56. The Morgan fingerprint density at radius 3 is 2.37 bits per heavy atom. The molecule has 38 heavy (non-hydrogen) atoms. The van der Waals surface area contributed by atoms with Gasteiger partial charge in [0.15, 0.2) is 11.5 Å². The van der Waals surface area contributed by atoms with Crippen LogP contribution in [0.1, 0.15) is 12.5 Å². The molecule has 0 atom stereocenters. The zero-order valence-corrected chi connectivity index (χ0v) is 21.7. The number of methoxy groups -OCH3 is 2. The van der Waals surface area contributed by atoms with E-state index in [4.69, 9.17) is 14.2 Å². The van der Waals surface area contributed by atoms with Gasteiger partial charge in [-0.25, -0.2) is 13.8 Å². The average Bonchev–Trinajstić information content (AvgIpc) is 2.92. The van der Waals surface area contributed by atoms with Crippen molar-refractivity contribution >= 4 is 33.5 Å². The van der Waals surface area contributed by atoms with E-state index in [-0.39, 0.29) is 27.6 Å². The maximum absolute atomic E-state index is 13.7. The number of nitro groups is 1. The molecule has 0 spiro atoms. The Morgan fingerprint density at radius 1 is 1.05 bits per heavy atom. The number of carbonyl (C=O) groups is 1. The Morgan fingerprint density at radius 2 is 1.74 bits per heavy atom. The first-order chi connectivity index (χ1) is 18.2. The van der Waals surface area contributed by atoms with Gasteiger partial charge in [0, 0.05) is 12.1 Å². The van der Waals surface area contributed by atoms with E-state index in [1.807, 2.05) is 6.92 Å². The van der Waals surface area contributed by atoms with Gasteiger partial charge in [-0.2, -0.15) is 5.10 Å². The molecule has 0 aliphatic rings. The summed E-state index contributed by atoms with van der Waals surface area (Å²) in [6, 6.07) is 16.1. The Kier molecular flexibility index (Phi) is 9.22. The van der Waals surface area contributed by atoms with Gasteiger partial charge in [0.1, 0.15) is 12.3 Å². The summed E-state index contributed by atoms with van der Waals surface area (Å²) in [4.78, 5) is 23.2. The number of sulfonamides is 1. The first kappa shape index (κ1) is 27.9. The fourth-order valence-corrected chi connectivity index (χ4v) is 4.83. The highest BCUT2D eigenvalue weighted by Crippen LogP contribution is 2.32. The number of amides is 1. The quantitative estimate of drug-likeness (QED) is 0.208. The number of hydrogen-bond donors (Lipinski definition) is 1. The fourth-order valence-electron chi connectivity index (χ4n) is 3.40. The lowest BCUT2D eigenvalue weighted by atomic mass is 10.2. The number of hydrazone groups is 1. The summed E-state index contributed by atoms with van der Waals surface area (Å²) in [5, 5.41) is 14.9. The number of para-hydroxylation sites is 1. The molecule has 0 aliphatic heterocycles. The van der Waals surface area contributed by atoms with Crippen LogP contribution in [0.3, 0.4) is 0 Å². The number of carbonyl (C=O) groups excluding carboxylic acids is 1. The van der Waals surface area contributed by atoms with Crippen LogP contribution in [0.4, 0.5) is 11.4 Å². The zero-order chi connectivity index (χ0) is 27.7. The van der Waals surface area contributed by atoms with Crippen LogP contribution in [-0.2, 0) is 14.8 Å². The standard InChI is InChI=1S/C25H26N4O8S/c1-4-37-20-11-9-19(10-12-20)28(38(33,34)21-13-14-23(35-2)24(15-21)36-3)17-25(30)27-26-16-18-7-5-6-8-22(18)29(31)32/h5-16H,4,17H2,1-3H3,(H,27,30)/b26-16-. The van der Waals surface area contributed by atoms with Gasteiger partial charge in [-0.15, -0.1) is 0 Å². The third-order valence-corrected chi connectivity index (χ3v) is 6.96. The number of nitrogens with zero attached hydrogens (tertiary/aromatic N) is 3. The molecule has 3 aromatic carbocycles. The van der Waals surface area contributed by atoms with Crippen molar-refractivity contribution in [2.75, 3.05) is 31.7 Å². The van der Waals surface area contributed by atoms with E-state index in [2.05, 4.69) is 10.5 Å². The van der Waals surface area contributed by atoms with Crippen LogP contribution >= 0.6 is 0 Å². The van der Waals surface area contributed by atoms with Crippen LogP contribution < -0.4 is 23.9 Å². The number of rotatable bonds is 12. The largest absolute Gasteiger partial charge is 0.494 e. The number of hydrogen-bond acceptors (Lipinski definition) is 9. The molecule has 0 aromatic heterocycles. The van der Waals surface area contributed by atoms with E-state index in [1.54, 1.807) is 18.2 Å². The molecular formula is C25H26N4O8S. The summed E-state index contributed by atoms with van der Waals surface area (Å²) in [7, 11) is -1.47. The molecule has 3 rings (SSSR count). The van der Waals surface area contributed by atoms with Gasteiger partial charge in [-0.3, -0.25) is 19.2 Å². The lowest BCUT2D eigenvalue weighted by molar-refractivity contribution is -0.385. The highest BCUT2D eigenvalue weighted by atomic mass is 32.2. The van der Waals surface area contributed by atoms with Crippen molar-refractivity contribution in [1.29, 1.82) is 0 Å². The van der Waals surface area contributed by atoms with Crippen LogP contribution in [0.15, 0.2) is 76.7 Å². The molecule has 12 nitrogen and oxygen atoms in total. The highest BCUT2D eigenvalue weighted by molar-refractivity contribution is 7.92. The number of ether oxygens (including phenoxy) is 3. The topological polar surface area (TPSA) is 150 Å². The van der Waals surface area contributed by atoms with E-state index in [0.717, 1.165) is 10.5 Å². The Labute approximate surface area is 219 Å². The van der Waals surface area contributed by atoms with Crippen molar-refractivity contribution < 1.29 is 32.3 Å². The third-order valence-electron chi connectivity index (χ3n) is 5.19. The summed E-state index contributed by atoms with van der Waals surface area (Å²) in [6.07, 6.45) is 1.11. The van der Waals surface area contributed by atoms with E-state index < -0.39 is 27.4 Å². The van der Waals surface area contributed by atoms with Gasteiger partial charge in [0.25, 0.3) is 21.6 Å². The lowest BCUT2D eigenvalue weighted by Gasteiger charge is -2.24. The molecule has 0 fully saturated rings. The van der Waals surface area contributed by atoms with Crippen LogP contribution in [0.2, 0.25) is 0 Å². The second kappa shape index (κ2) is 12.5. The molecule has 0 saturated heterocycles. The number of benzene rings is 3. The van der Waals surface area contributed by atoms with Crippen LogP contribution in [0.5, 0.6) is 17.2 Å². The van der Waals surface area contributed by atoms with E-state index >= 15 is 0 Å². The van der Waals surface area contributed by atoms with E-state index in [9.17, 15) is 23.3 Å². The summed E-state index contributed by atoms with van der Waals surface area (Å²) < 4.78 is 44.1. The normalized spacial score (nSPS) is 11.1. The monoisotopic (exact) mass is 542 g/mol. The van der Waals surface area contributed by atoms with Crippen molar-refractivity contribution in [2.45, 2.75) is 11.8 Å². The fraction of sp³-hybridized carbons (Fsp3) is 0.200. The average molecular weight is 543 g/mol. The van der Waals surface area contributed by atoms with Gasteiger partial charge >= 0.3 is 0 Å². The molecule has 13 heteroatoms. The van der Waals surface area contributed by atoms with Gasteiger partial charge in [-0.1, -0.05) is 12.1 Å². The molecule has 1 amide bonds. The van der Waals surface area contributed by atoms with Crippen molar-refractivity contribution in [3.8, 4) is 17.2 Å². The third kappa shape index (κ3) is 6.56. The summed E-state index contributed by atoms with van der Waals surface area (Å²) in [5.41, 5.74) is 2.39. The minimum atomic E-state index is -4.27. The summed E-state index contributed by atoms with van der Waals surface area (Å²) >= 11 is 0. The molecule has 200 valence electrons. The van der Waals surface area contributed by atoms with E-state index in [0.29, 0.717) is 18.1 Å². The number of anilines is 1. The van der Waals surface area contributed by atoms with Crippen molar-refractivity contribution in [1.82, 2.24) is 5.43 Å². The molecule has 0 unspecified atom stereocenters. The minimum absolute atomic E-state index is 0.139. The second-order valence-corrected chi connectivity index (χ2v) is 9.43. The lowest BCUT2D eigenvalue weighted by Crippen LogP contribution is -2.39. The SMILES string of the molecule is CCOc1ccc(N(CC(=O)N/N=C\c2ccccc2[N+](=O)[O-])S(=O)(=O)c2ccc(OC)c(OC)c2)cc1. The maximum Gasteiger partial charge on any atom is 0.278 e. The highest BCUT2D eigenvalue weighted by Gasteiger charge is 2.28. The van der Waals surface area contributed by atoms with Crippen molar-refractivity contribution in [3.63, 3.8) is 0 Å². The molecule has 0 radical (unpaired) electrons. The van der Waals surface area contributed by atoms with E-state index in [1.165, 1.54) is 62.8 Å². The molecular weight excluding hydrogens is 516 g/mol. The summed E-state index contributed by atoms with van der Waals surface area (Å²) in [5.74, 6) is 0.274. The van der Waals surface area contributed by atoms with Crippen LogP contribution in [0, 0.1) is 10.1 Å². The molecule has 1 N–H and O–H groups in total. The van der Waals surface area contributed by atoms with Gasteiger partial charge < -0.3 is 14.2 Å². The molecule has 0 heterocycles. The van der Waals surface area contributed by atoms with Crippen LogP contribution in [-0.4, -0.2) is 52.8 Å². The Bertz CT molecular complexity index is 1430. The van der Waals surface area contributed by atoms with Gasteiger partial charge in [0.05, 0.1) is 48.1 Å². The number of nitrogens with one attached hydrogen (secondary N) is 1. The Hall–Kier alpha value is -4.65. The predicted octanol–water partition coefficient (Wildman–Crippen LogP) is 3.36. The maximum atomic E-state index is 13.7. The van der Waals surface area contributed by atoms with Crippen molar-refractivity contribution in [3.05, 3.63) is 82.4 Å². The summed E-state index contributed by atoms with van der Waals surface area (Å²) in [6.45, 7) is 1.60. The number of nitro benzene ring substituents is 1. The van der Waals surface area contributed by atoms with Crippen LogP contribution in [0.25, 0.3) is 0 Å². The molecule has 3 aromatic rings. The van der Waals surface area contributed by atoms with Gasteiger partial charge in [0.2, 0.25) is 0 Å². The van der Waals surface area contributed by atoms with Crippen molar-refractivity contribution in [2.24, 2.45) is 5.10 Å². The molecule has 0 saturated carbocycles. The minimum Gasteiger partial charge on any atom is -0.494 e. The smallest absolute Gasteiger partial charge is 0.278 e. The molecule has 0 aliphatic carbocycles. The van der Waals surface area contributed by atoms with Gasteiger partial charge in [-0.05, 0) is 49.4 Å². The zero-order valence-electron chi connectivity index (χ0n) is 20.9. The first-order valence-corrected chi connectivity index (χ1v) is 12.7. The predicted molar refractivity (Wildman–Crippen MR) is 141 cm³/mol. The molecule has 0 bridgehead atoms.